The number of carbonyl (C=O) groups is 2. The molecule has 8 heteroatoms. The Kier molecular flexibility index (Phi) is 7.80. The number of aromatic amines is 1. The van der Waals surface area contributed by atoms with E-state index in [0.29, 0.717) is 12.2 Å². The largest absolute Gasteiger partial charge is 0.497 e. The molecule has 1 heterocycles. The van der Waals surface area contributed by atoms with Crippen molar-refractivity contribution in [3.63, 3.8) is 0 Å². The van der Waals surface area contributed by atoms with Crippen LogP contribution in [0.2, 0.25) is 0 Å². The predicted molar refractivity (Wildman–Crippen MR) is 106 cm³/mol. The second-order valence-corrected chi connectivity index (χ2v) is 7.31. The quantitative estimate of drug-likeness (QED) is 0.367. The molecule has 0 aliphatic rings. The lowest BCUT2D eigenvalue weighted by Crippen LogP contribution is -2.38. The highest BCUT2D eigenvalue weighted by molar-refractivity contribution is 5.85. The van der Waals surface area contributed by atoms with Crippen LogP contribution in [-0.4, -0.2) is 34.1 Å². The molecule has 0 radical (unpaired) electrons. The molecule has 0 fully saturated rings. The number of nitrogens with one attached hydrogen (secondary N) is 3. The molecule has 8 nitrogen and oxygen atoms in total. The standard InChI is InChI=1S/C20H30N4O4/c1-5-6-7-13(10-17(25)24-27)20(26)23-18(12(2)3)19-21-15-9-8-14(28-4)11-16(15)22-19/h8-9,11-13,18,27H,5-7,10H2,1-4H3,(H,21,22)(H,23,26)(H,24,25)/t13-,18+/m1/s1. The summed E-state index contributed by atoms with van der Waals surface area (Å²) >= 11 is 0. The van der Waals surface area contributed by atoms with Crippen molar-refractivity contribution in [3.8, 4) is 5.75 Å². The number of rotatable bonds is 10. The van der Waals surface area contributed by atoms with Crippen molar-refractivity contribution in [2.24, 2.45) is 11.8 Å². The zero-order valence-electron chi connectivity index (χ0n) is 16.9. The number of imidazole rings is 1. The third-order valence-corrected chi connectivity index (χ3v) is 4.80. The molecule has 0 saturated heterocycles. The SMILES string of the molecule is CCCC[C@H](CC(=O)NO)C(=O)N[C@H](c1nc2ccc(OC)cc2[nH]1)C(C)C. The van der Waals surface area contributed by atoms with Crippen molar-refractivity contribution in [3.05, 3.63) is 24.0 Å². The van der Waals surface area contributed by atoms with Gasteiger partial charge < -0.3 is 15.0 Å². The first-order chi connectivity index (χ1) is 13.4. The number of H-pyrrole nitrogens is 1. The maximum absolute atomic E-state index is 12.9. The third-order valence-electron chi connectivity index (χ3n) is 4.80. The predicted octanol–water partition coefficient (Wildman–Crippen LogP) is 3.09. The summed E-state index contributed by atoms with van der Waals surface area (Å²) in [7, 11) is 1.61. The average molecular weight is 390 g/mol. The van der Waals surface area contributed by atoms with Crippen molar-refractivity contribution in [1.29, 1.82) is 0 Å². The Labute approximate surface area is 165 Å². The first-order valence-electron chi connectivity index (χ1n) is 9.66. The molecule has 0 aliphatic heterocycles. The fourth-order valence-corrected chi connectivity index (χ4v) is 3.15. The van der Waals surface area contributed by atoms with E-state index in [1.165, 1.54) is 0 Å². The Morgan fingerprint density at radius 3 is 2.68 bits per heavy atom. The van der Waals surface area contributed by atoms with Gasteiger partial charge in [0, 0.05) is 18.4 Å². The number of ether oxygens (including phenoxy) is 1. The molecule has 28 heavy (non-hydrogen) atoms. The Hall–Kier alpha value is -2.61. The Balaban J connectivity index is 2.22. The van der Waals surface area contributed by atoms with E-state index in [4.69, 9.17) is 9.94 Å². The minimum absolute atomic E-state index is 0.0511. The maximum Gasteiger partial charge on any atom is 0.244 e. The van der Waals surface area contributed by atoms with E-state index in [1.54, 1.807) is 12.6 Å². The molecule has 1 aromatic heterocycles. The smallest absolute Gasteiger partial charge is 0.244 e. The summed E-state index contributed by atoms with van der Waals surface area (Å²) in [6.07, 6.45) is 2.28. The number of methoxy groups -OCH3 is 1. The van der Waals surface area contributed by atoms with Gasteiger partial charge >= 0.3 is 0 Å². The molecule has 2 atom stereocenters. The van der Waals surface area contributed by atoms with Crippen LogP contribution >= 0.6 is 0 Å². The summed E-state index contributed by atoms with van der Waals surface area (Å²) in [5.74, 6) is 0.194. The number of carbonyl (C=O) groups excluding carboxylic acids is 2. The summed E-state index contributed by atoms with van der Waals surface area (Å²) in [5.41, 5.74) is 3.23. The van der Waals surface area contributed by atoms with Crippen LogP contribution < -0.4 is 15.5 Å². The van der Waals surface area contributed by atoms with Gasteiger partial charge in [0.05, 0.1) is 24.2 Å². The Morgan fingerprint density at radius 1 is 1.32 bits per heavy atom. The molecule has 4 N–H and O–H groups in total. The monoisotopic (exact) mass is 390 g/mol. The highest BCUT2D eigenvalue weighted by Crippen LogP contribution is 2.26. The zero-order valence-corrected chi connectivity index (χ0v) is 16.9. The van der Waals surface area contributed by atoms with Crippen LogP contribution in [0.1, 0.15) is 58.3 Å². The van der Waals surface area contributed by atoms with E-state index < -0.39 is 11.8 Å². The summed E-state index contributed by atoms with van der Waals surface area (Å²) in [6, 6.07) is 5.24. The number of unbranched alkanes of at least 4 members (excludes halogenated alkanes) is 1. The topological polar surface area (TPSA) is 116 Å². The van der Waals surface area contributed by atoms with Crippen LogP contribution in [0.25, 0.3) is 11.0 Å². The fraction of sp³-hybridized carbons (Fsp3) is 0.550. The van der Waals surface area contributed by atoms with Crippen LogP contribution in [0.3, 0.4) is 0 Å². The summed E-state index contributed by atoms with van der Waals surface area (Å²) in [4.78, 5) is 32.3. The molecule has 0 unspecified atom stereocenters. The van der Waals surface area contributed by atoms with E-state index in [1.807, 2.05) is 39.0 Å². The number of nitrogens with zero attached hydrogens (tertiary/aromatic N) is 1. The molecule has 2 aromatic rings. The Morgan fingerprint density at radius 2 is 2.07 bits per heavy atom. The normalized spacial score (nSPS) is 13.4. The maximum atomic E-state index is 12.9. The van der Waals surface area contributed by atoms with Crippen LogP contribution in [0, 0.1) is 11.8 Å². The van der Waals surface area contributed by atoms with Crippen LogP contribution in [0.4, 0.5) is 0 Å². The van der Waals surface area contributed by atoms with Gasteiger partial charge in [0.2, 0.25) is 11.8 Å². The number of benzene rings is 1. The molecule has 0 spiro atoms. The van der Waals surface area contributed by atoms with E-state index in [9.17, 15) is 9.59 Å². The van der Waals surface area contributed by atoms with Gasteiger partial charge in [-0.25, -0.2) is 10.5 Å². The first kappa shape index (κ1) is 21.7. The lowest BCUT2D eigenvalue weighted by Gasteiger charge is -2.23. The van der Waals surface area contributed by atoms with Crippen LogP contribution in [0.5, 0.6) is 5.75 Å². The van der Waals surface area contributed by atoms with Gasteiger partial charge in [-0.15, -0.1) is 0 Å². The van der Waals surface area contributed by atoms with E-state index in [0.717, 1.165) is 29.6 Å². The molecule has 1 aromatic carbocycles. The molecule has 0 aliphatic carbocycles. The van der Waals surface area contributed by atoms with Gasteiger partial charge in [0.25, 0.3) is 0 Å². The van der Waals surface area contributed by atoms with Gasteiger partial charge in [0.15, 0.2) is 0 Å². The van der Waals surface area contributed by atoms with Crippen molar-refractivity contribution in [1.82, 2.24) is 20.8 Å². The first-order valence-corrected chi connectivity index (χ1v) is 9.66. The van der Waals surface area contributed by atoms with Crippen molar-refractivity contribution >= 4 is 22.8 Å². The lowest BCUT2D eigenvalue weighted by atomic mass is 9.95. The minimum atomic E-state index is -0.562. The van der Waals surface area contributed by atoms with Crippen molar-refractivity contribution in [2.75, 3.05) is 7.11 Å². The molecule has 2 rings (SSSR count). The number of hydroxylamine groups is 1. The minimum Gasteiger partial charge on any atom is -0.497 e. The molecular formula is C20H30N4O4. The van der Waals surface area contributed by atoms with Gasteiger partial charge in [-0.2, -0.15) is 0 Å². The number of amides is 2. The van der Waals surface area contributed by atoms with E-state index >= 15 is 0 Å². The van der Waals surface area contributed by atoms with Gasteiger partial charge in [-0.05, 0) is 24.5 Å². The molecular weight excluding hydrogens is 360 g/mol. The lowest BCUT2D eigenvalue weighted by molar-refractivity contribution is -0.135. The number of hydrogen-bond donors (Lipinski definition) is 4. The number of hydrogen-bond acceptors (Lipinski definition) is 5. The van der Waals surface area contributed by atoms with E-state index in [2.05, 4.69) is 15.3 Å². The summed E-state index contributed by atoms with van der Waals surface area (Å²) < 4.78 is 5.24. The highest BCUT2D eigenvalue weighted by Gasteiger charge is 2.27. The van der Waals surface area contributed by atoms with Gasteiger partial charge in [-0.1, -0.05) is 33.6 Å². The summed E-state index contributed by atoms with van der Waals surface area (Å²) in [6.45, 7) is 6.03. The molecule has 0 saturated carbocycles. The molecule has 2 amide bonds. The zero-order chi connectivity index (χ0) is 20.7. The van der Waals surface area contributed by atoms with Crippen LogP contribution in [0.15, 0.2) is 18.2 Å². The summed E-state index contributed by atoms with van der Waals surface area (Å²) in [5, 5.41) is 11.8. The molecule has 154 valence electrons. The van der Waals surface area contributed by atoms with Crippen molar-refractivity contribution < 1.29 is 19.5 Å². The highest BCUT2D eigenvalue weighted by atomic mass is 16.5. The third kappa shape index (κ3) is 5.45. The fourth-order valence-electron chi connectivity index (χ4n) is 3.15. The Bertz CT molecular complexity index is 803. The van der Waals surface area contributed by atoms with E-state index in [-0.39, 0.29) is 24.3 Å². The molecule has 0 bridgehead atoms. The number of aromatic nitrogens is 2. The number of fused-ring (bicyclic) bond motifs is 1. The van der Waals surface area contributed by atoms with Gasteiger partial charge in [0.1, 0.15) is 11.6 Å². The van der Waals surface area contributed by atoms with Crippen molar-refractivity contribution in [2.45, 2.75) is 52.5 Å². The van der Waals surface area contributed by atoms with Gasteiger partial charge in [-0.3, -0.25) is 14.8 Å². The average Bonchev–Trinajstić information content (AvgIpc) is 3.10. The second kappa shape index (κ2) is 10.1. The van der Waals surface area contributed by atoms with Crippen LogP contribution in [-0.2, 0) is 9.59 Å². The second-order valence-electron chi connectivity index (χ2n) is 7.31.